The average Bonchev–Trinajstić information content (AvgIpc) is 2.69. The van der Waals surface area contributed by atoms with Gasteiger partial charge in [0.25, 0.3) is 10.1 Å². The standard InChI is InChI=1S/C19H22N2O7S/c1-29(24,25)28-17(21-19(23)27-14-16-10-6-3-7-11-16)12-20-18(22)26-13-15-8-4-2-5-9-15/h2-11,17H,12-14H2,1H3,(H,20,22)(H,21,23). The first-order chi connectivity index (χ1) is 13.8. The van der Waals surface area contributed by atoms with Crippen LogP contribution in [-0.2, 0) is 37.0 Å². The van der Waals surface area contributed by atoms with Crippen molar-refractivity contribution in [3.63, 3.8) is 0 Å². The molecule has 10 heteroatoms. The highest BCUT2D eigenvalue weighted by atomic mass is 32.2. The maximum absolute atomic E-state index is 11.9. The molecule has 2 aromatic carbocycles. The van der Waals surface area contributed by atoms with E-state index in [1.807, 2.05) is 12.1 Å². The molecule has 0 aromatic heterocycles. The van der Waals surface area contributed by atoms with E-state index in [-0.39, 0.29) is 19.8 Å². The second kappa shape index (κ2) is 11.0. The van der Waals surface area contributed by atoms with Crippen LogP contribution in [0, 0.1) is 0 Å². The Morgan fingerprint density at radius 3 is 1.83 bits per heavy atom. The summed E-state index contributed by atoms with van der Waals surface area (Å²) in [6.07, 6.45) is -2.24. The largest absolute Gasteiger partial charge is 0.445 e. The van der Waals surface area contributed by atoms with Gasteiger partial charge in [-0.15, -0.1) is 0 Å². The van der Waals surface area contributed by atoms with Crippen LogP contribution in [0.4, 0.5) is 9.59 Å². The number of amides is 2. The summed E-state index contributed by atoms with van der Waals surface area (Å²) in [5.41, 5.74) is 1.54. The minimum atomic E-state index is -3.90. The summed E-state index contributed by atoms with van der Waals surface area (Å²) >= 11 is 0. The Kier molecular flexibility index (Phi) is 8.44. The van der Waals surface area contributed by atoms with Gasteiger partial charge < -0.3 is 14.8 Å². The van der Waals surface area contributed by atoms with Gasteiger partial charge in [-0.3, -0.25) is 5.32 Å². The highest BCUT2D eigenvalue weighted by Crippen LogP contribution is 2.03. The summed E-state index contributed by atoms with van der Waals surface area (Å²) in [6, 6.07) is 17.9. The van der Waals surface area contributed by atoms with Gasteiger partial charge in [-0.05, 0) is 11.1 Å². The average molecular weight is 422 g/mol. The molecule has 2 N–H and O–H groups in total. The fourth-order valence-corrected chi connectivity index (χ4v) is 2.70. The first kappa shape index (κ1) is 22.2. The number of hydrogen-bond acceptors (Lipinski definition) is 7. The molecule has 1 unspecified atom stereocenters. The monoisotopic (exact) mass is 422 g/mol. The molecule has 2 rings (SSSR count). The first-order valence-corrected chi connectivity index (χ1v) is 10.4. The van der Waals surface area contributed by atoms with Crippen LogP contribution in [-0.4, -0.2) is 39.6 Å². The number of hydrogen-bond donors (Lipinski definition) is 2. The summed E-state index contributed by atoms with van der Waals surface area (Å²) in [6.45, 7) is -0.317. The summed E-state index contributed by atoms with van der Waals surface area (Å²) < 4.78 is 37.6. The van der Waals surface area contributed by atoms with E-state index in [1.165, 1.54) is 0 Å². The molecule has 2 amide bonds. The number of ether oxygens (including phenoxy) is 2. The molecule has 0 fully saturated rings. The normalized spacial score (nSPS) is 11.9. The number of benzene rings is 2. The number of nitrogens with one attached hydrogen (secondary N) is 2. The van der Waals surface area contributed by atoms with E-state index in [0.29, 0.717) is 0 Å². The van der Waals surface area contributed by atoms with Gasteiger partial charge in [0.15, 0.2) is 6.23 Å². The summed E-state index contributed by atoms with van der Waals surface area (Å²) in [5.74, 6) is 0. The predicted molar refractivity (Wildman–Crippen MR) is 104 cm³/mol. The van der Waals surface area contributed by atoms with Crippen LogP contribution >= 0.6 is 0 Å². The van der Waals surface area contributed by atoms with Crippen LogP contribution in [0.2, 0.25) is 0 Å². The van der Waals surface area contributed by atoms with Crippen molar-refractivity contribution in [1.29, 1.82) is 0 Å². The topological polar surface area (TPSA) is 120 Å². The van der Waals surface area contributed by atoms with Crippen molar-refractivity contribution in [1.82, 2.24) is 10.6 Å². The molecular formula is C19H22N2O7S. The van der Waals surface area contributed by atoms with Crippen molar-refractivity contribution in [3.8, 4) is 0 Å². The molecule has 0 saturated carbocycles. The molecule has 156 valence electrons. The maximum atomic E-state index is 11.9. The zero-order valence-corrected chi connectivity index (χ0v) is 16.6. The molecule has 9 nitrogen and oxygen atoms in total. The van der Waals surface area contributed by atoms with E-state index in [0.717, 1.165) is 17.4 Å². The van der Waals surface area contributed by atoms with Crippen LogP contribution in [0.15, 0.2) is 60.7 Å². The molecular weight excluding hydrogens is 400 g/mol. The van der Waals surface area contributed by atoms with Crippen LogP contribution in [0.25, 0.3) is 0 Å². The minimum Gasteiger partial charge on any atom is -0.445 e. The highest BCUT2D eigenvalue weighted by molar-refractivity contribution is 7.86. The van der Waals surface area contributed by atoms with Gasteiger partial charge in [0.05, 0.1) is 12.8 Å². The zero-order chi connectivity index (χ0) is 21.1. The van der Waals surface area contributed by atoms with Gasteiger partial charge in [-0.25, -0.2) is 13.8 Å². The van der Waals surface area contributed by atoms with Crippen molar-refractivity contribution in [3.05, 3.63) is 71.8 Å². The number of carbonyl (C=O) groups excluding carboxylic acids is 2. The number of carbonyl (C=O) groups is 2. The predicted octanol–water partition coefficient (Wildman–Crippen LogP) is 2.14. The quantitative estimate of drug-likeness (QED) is 0.469. The van der Waals surface area contributed by atoms with Gasteiger partial charge in [-0.2, -0.15) is 8.42 Å². The maximum Gasteiger partial charge on any atom is 0.409 e. The number of alkyl carbamates (subject to hydrolysis) is 2. The first-order valence-electron chi connectivity index (χ1n) is 8.62. The van der Waals surface area contributed by atoms with Crippen LogP contribution in [0.5, 0.6) is 0 Å². The Hall–Kier alpha value is -3.11. The van der Waals surface area contributed by atoms with Crippen LogP contribution in [0.1, 0.15) is 11.1 Å². The van der Waals surface area contributed by atoms with Gasteiger partial charge in [-0.1, -0.05) is 60.7 Å². The lowest BCUT2D eigenvalue weighted by Crippen LogP contribution is -2.46. The molecule has 0 spiro atoms. The van der Waals surface area contributed by atoms with Gasteiger partial charge in [0.2, 0.25) is 0 Å². The minimum absolute atomic E-state index is 0.00911. The SMILES string of the molecule is CS(=O)(=O)OC(CNC(=O)OCc1ccccc1)NC(=O)OCc1ccccc1. The van der Waals surface area contributed by atoms with Crippen molar-refractivity contribution >= 4 is 22.3 Å². The van der Waals surface area contributed by atoms with Crippen molar-refractivity contribution in [2.75, 3.05) is 12.8 Å². The molecule has 0 saturated heterocycles. The Labute approximate surface area is 169 Å². The fraction of sp³-hybridized carbons (Fsp3) is 0.263. The van der Waals surface area contributed by atoms with E-state index < -0.39 is 28.5 Å². The Bertz CT molecular complexity index is 889. The lowest BCUT2D eigenvalue weighted by atomic mass is 10.2. The van der Waals surface area contributed by atoms with Gasteiger partial charge >= 0.3 is 12.2 Å². The molecule has 0 heterocycles. The zero-order valence-electron chi connectivity index (χ0n) is 15.7. The third-order valence-corrected chi connectivity index (χ3v) is 4.01. The highest BCUT2D eigenvalue weighted by Gasteiger charge is 2.20. The molecule has 0 aliphatic rings. The molecule has 1 atom stereocenters. The van der Waals surface area contributed by atoms with E-state index in [9.17, 15) is 18.0 Å². The number of rotatable bonds is 9. The van der Waals surface area contributed by atoms with E-state index >= 15 is 0 Å². The van der Waals surface area contributed by atoms with E-state index in [4.69, 9.17) is 13.7 Å². The van der Waals surface area contributed by atoms with E-state index in [2.05, 4.69) is 10.6 Å². The van der Waals surface area contributed by atoms with Crippen LogP contribution in [0.3, 0.4) is 0 Å². The van der Waals surface area contributed by atoms with E-state index in [1.54, 1.807) is 48.5 Å². The van der Waals surface area contributed by atoms with Gasteiger partial charge in [0.1, 0.15) is 13.2 Å². The third kappa shape index (κ3) is 9.58. The lowest BCUT2D eigenvalue weighted by Gasteiger charge is -2.18. The molecule has 2 aromatic rings. The fourth-order valence-electron chi connectivity index (χ4n) is 2.17. The Morgan fingerprint density at radius 2 is 1.34 bits per heavy atom. The second-order valence-corrected chi connectivity index (χ2v) is 7.54. The molecule has 0 radical (unpaired) electrons. The van der Waals surface area contributed by atoms with Crippen molar-refractivity contribution in [2.24, 2.45) is 0 Å². The molecule has 0 aliphatic heterocycles. The summed E-state index contributed by atoms with van der Waals surface area (Å²) in [4.78, 5) is 23.7. The summed E-state index contributed by atoms with van der Waals surface area (Å²) in [5, 5.41) is 4.57. The molecule has 0 aliphatic carbocycles. The Morgan fingerprint density at radius 1 is 0.862 bits per heavy atom. The van der Waals surface area contributed by atoms with Crippen molar-refractivity contribution in [2.45, 2.75) is 19.4 Å². The Balaban J connectivity index is 1.81. The smallest absolute Gasteiger partial charge is 0.409 e. The second-order valence-electron chi connectivity index (χ2n) is 5.94. The third-order valence-electron chi connectivity index (χ3n) is 3.43. The molecule has 0 bridgehead atoms. The van der Waals surface area contributed by atoms with Crippen LogP contribution < -0.4 is 10.6 Å². The summed E-state index contributed by atoms with van der Waals surface area (Å²) in [7, 11) is -3.90. The molecule has 29 heavy (non-hydrogen) atoms. The van der Waals surface area contributed by atoms with Crippen molar-refractivity contribution < 1.29 is 31.7 Å². The lowest BCUT2D eigenvalue weighted by molar-refractivity contribution is 0.102. The van der Waals surface area contributed by atoms with Gasteiger partial charge in [0, 0.05) is 0 Å².